The van der Waals surface area contributed by atoms with Gasteiger partial charge in [0.15, 0.2) is 5.76 Å². The van der Waals surface area contributed by atoms with Crippen molar-refractivity contribution in [3.8, 4) is 0 Å². The van der Waals surface area contributed by atoms with Gasteiger partial charge in [0.1, 0.15) is 6.26 Å². The number of benzene rings is 1. The largest absolute Gasteiger partial charge is 0.502 e. The van der Waals surface area contributed by atoms with E-state index in [0.717, 1.165) is 31.4 Å². The zero-order chi connectivity index (χ0) is 16.3. The molecule has 1 heterocycles. The highest BCUT2D eigenvalue weighted by atomic mass is 32.2. The maximum absolute atomic E-state index is 11.7. The molecule has 1 aromatic rings. The second-order valence-corrected chi connectivity index (χ2v) is 6.42. The number of fused-ring (bicyclic) bond motifs is 1. The highest BCUT2D eigenvalue weighted by molar-refractivity contribution is 7.80. The Morgan fingerprint density at radius 2 is 1.74 bits per heavy atom. The van der Waals surface area contributed by atoms with Crippen molar-refractivity contribution in [2.75, 3.05) is 13.2 Å². The summed E-state index contributed by atoms with van der Waals surface area (Å²) in [6.07, 6.45) is 9.79. The van der Waals surface area contributed by atoms with Crippen molar-refractivity contribution in [1.29, 1.82) is 0 Å². The van der Waals surface area contributed by atoms with Gasteiger partial charge in [-0.05, 0) is 25.0 Å². The first-order valence-corrected chi connectivity index (χ1v) is 9.14. The van der Waals surface area contributed by atoms with E-state index in [1.54, 1.807) is 6.07 Å². The van der Waals surface area contributed by atoms with Crippen molar-refractivity contribution in [3.05, 3.63) is 48.9 Å². The van der Waals surface area contributed by atoms with E-state index >= 15 is 0 Å². The zero-order valence-electron chi connectivity index (χ0n) is 13.4. The minimum Gasteiger partial charge on any atom is -0.502 e. The van der Waals surface area contributed by atoms with Crippen molar-refractivity contribution < 1.29 is 17.9 Å². The van der Waals surface area contributed by atoms with E-state index in [1.165, 1.54) is 31.8 Å². The summed E-state index contributed by atoms with van der Waals surface area (Å²) in [7, 11) is 0. The molecule has 1 unspecified atom stereocenters. The Labute approximate surface area is 140 Å². The molecule has 0 saturated carbocycles. The normalized spacial score (nSPS) is 16.0. The average molecular weight is 336 g/mol. The van der Waals surface area contributed by atoms with Crippen molar-refractivity contribution in [3.63, 3.8) is 0 Å². The predicted molar refractivity (Wildman–Crippen MR) is 91.7 cm³/mol. The molecule has 1 aliphatic heterocycles. The molecule has 2 rings (SSSR count). The van der Waals surface area contributed by atoms with Crippen LogP contribution in [-0.4, -0.2) is 17.4 Å². The summed E-state index contributed by atoms with van der Waals surface area (Å²) in [5.41, 5.74) is 0.860. The Kier molecular flexibility index (Phi) is 7.73. The molecule has 0 aromatic heterocycles. The van der Waals surface area contributed by atoms with E-state index in [4.69, 9.17) is 13.7 Å². The van der Waals surface area contributed by atoms with Crippen LogP contribution in [0.15, 0.2) is 48.3 Å². The van der Waals surface area contributed by atoms with Crippen LogP contribution in [-0.2, 0) is 24.7 Å². The van der Waals surface area contributed by atoms with Crippen LogP contribution >= 0.6 is 0 Å². The first-order chi connectivity index (χ1) is 11.3. The predicted octanol–water partition coefficient (Wildman–Crippen LogP) is 4.56. The summed E-state index contributed by atoms with van der Waals surface area (Å²) >= 11 is -1.42. The molecule has 0 amide bonds. The fourth-order valence-corrected chi connectivity index (χ4v) is 3.21. The molecule has 5 heteroatoms. The number of hydrogen-bond donors (Lipinski definition) is 0. The van der Waals surface area contributed by atoms with Gasteiger partial charge >= 0.3 is 0 Å². The quantitative estimate of drug-likeness (QED) is 0.439. The van der Waals surface area contributed by atoms with Crippen molar-refractivity contribution >= 4 is 16.8 Å². The molecule has 0 radical (unpaired) electrons. The molecule has 0 spiro atoms. The van der Waals surface area contributed by atoms with Gasteiger partial charge in [0.2, 0.25) is 11.1 Å². The first-order valence-electron chi connectivity index (χ1n) is 8.06. The lowest BCUT2D eigenvalue weighted by molar-refractivity contribution is 0.240. The summed E-state index contributed by atoms with van der Waals surface area (Å²) in [5, 5.41) is 0. The lowest BCUT2D eigenvalue weighted by Crippen LogP contribution is -2.07. The molecule has 0 bridgehead atoms. The van der Waals surface area contributed by atoms with E-state index in [0.29, 0.717) is 17.3 Å². The van der Waals surface area contributed by atoms with E-state index in [-0.39, 0.29) is 0 Å². The minimum absolute atomic E-state index is 0.649. The van der Waals surface area contributed by atoms with Crippen LogP contribution in [0.4, 0.5) is 0 Å². The topological polar surface area (TPSA) is 44.8 Å². The highest BCUT2D eigenvalue weighted by Crippen LogP contribution is 2.28. The molecule has 0 aliphatic carbocycles. The van der Waals surface area contributed by atoms with Crippen LogP contribution in [0.25, 0.3) is 5.76 Å². The molecular formula is C18H24O4S. The lowest BCUT2D eigenvalue weighted by atomic mass is 10.1. The van der Waals surface area contributed by atoms with Gasteiger partial charge in [-0.2, -0.15) is 0 Å². The van der Waals surface area contributed by atoms with Crippen LogP contribution in [0.5, 0.6) is 0 Å². The zero-order valence-corrected chi connectivity index (χ0v) is 14.2. The summed E-state index contributed by atoms with van der Waals surface area (Å²) in [6, 6.07) is 7.47. The Morgan fingerprint density at radius 3 is 2.52 bits per heavy atom. The maximum atomic E-state index is 11.7. The van der Waals surface area contributed by atoms with Gasteiger partial charge in [-0.3, -0.25) is 0 Å². The summed E-state index contributed by atoms with van der Waals surface area (Å²) in [6.45, 7) is 4.93. The van der Waals surface area contributed by atoms with E-state index in [2.05, 4.69) is 6.58 Å². The first kappa shape index (κ1) is 17.6. The smallest absolute Gasteiger partial charge is 0.240 e. The van der Waals surface area contributed by atoms with Gasteiger partial charge in [-0.15, -0.1) is 0 Å². The Balaban J connectivity index is 1.60. The Hall–Kier alpha value is -1.75. The van der Waals surface area contributed by atoms with Crippen molar-refractivity contribution in [2.24, 2.45) is 0 Å². The molecule has 0 fully saturated rings. The Morgan fingerprint density at radius 1 is 1.04 bits per heavy atom. The molecule has 1 aliphatic rings. The summed E-state index contributed by atoms with van der Waals surface area (Å²) in [5.74, 6) is 0.668. The van der Waals surface area contributed by atoms with Crippen LogP contribution in [0, 0.1) is 0 Å². The van der Waals surface area contributed by atoms with Gasteiger partial charge in [-0.25, -0.2) is 4.21 Å². The second kappa shape index (κ2) is 10.1. The van der Waals surface area contributed by atoms with E-state index < -0.39 is 11.1 Å². The lowest BCUT2D eigenvalue weighted by Gasteiger charge is -2.17. The van der Waals surface area contributed by atoms with Crippen molar-refractivity contribution in [1.82, 2.24) is 0 Å². The minimum atomic E-state index is -1.42. The van der Waals surface area contributed by atoms with Crippen LogP contribution in [0.1, 0.15) is 44.1 Å². The number of hydrogen-bond acceptors (Lipinski definition) is 4. The van der Waals surface area contributed by atoms with Gasteiger partial charge in [0, 0.05) is 5.56 Å². The third-order valence-corrected chi connectivity index (χ3v) is 4.59. The second-order valence-electron chi connectivity index (χ2n) is 5.32. The third kappa shape index (κ3) is 5.75. The standard InChI is InChI=1S/C18H24O4S/c1-2-20-13-9-5-3-4-6-10-14-21-17-15-22-23(19)18-12-8-7-11-16(17)18/h2,7-8,11-12,15H,1,3-6,9-10,13-14H2. The maximum Gasteiger partial charge on any atom is 0.240 e. The van der Waals surface area contributed by atoms with Crippen LogP contribution in [0.3, 0.4) is 0 Å². The highest BCUT2D eigenvalue weighted by Gasteiger charge is 2.20. The molecule has 1 aromatic carbocycles. The summed E-state index contributed by atoms with van der Waals surface area (Å²) in [4.78, 5) is 0.673. The van der Waals surface area contributed by atoms with Crippen LogP contribution in [0.2, 0.25) is 0 Å². The summed E-state index contributed by atoms with van der Waals surface area (Å²) < 4.78 is 27.7. The molecule has 23 heavy (non-hydrogen) atoms. The molecular weight excluding hydrogens is 312 g/mol. The van der Waals surface area contributed by atoms with Gasteiger partial charge < -0.3 is 13.7 Å². The number of unbranched alkanes of at least 4 members (excludes halogenated alkanes) is 5. The van der Waals surface area contributed by atoms with Gasteiger partial charge in [0.05, 0.1) is 24.4 Å². The molecule has 1 atom stereocenters. The fourth-order valence-electron chi connectivity index (χ4n) is 2.39. The number of rotatable bonds is 11. The fraction of sp³-hybridized carbons (Fsp3) is 0.444. The number of ether oxygens (including phenoxy) is 2. The van der Waals surface area contributed by atoms with Crippen molar-refractivity contribution in [2.45, 2.75) is 43.4 Å². The molecule has 0 saturated heterocycles. The van der Waals surface area contributed by atoms with Crippen LogP contribution < -0.4 is 0 Å². The molecule has 0 N–H and O–H groups in total. The van der Waals surface area contributed by atoms with Gasteiger partial charge in [0.25, 0.3) is 0 Å². The molecule has 126 valence electrons. The third-order valence-electron chi connectivity index (χ3n) is 3.61. The van der Waals surface area contributed by atoms with E-state index in [1.807, 2.05) is 18.2 Å². The van der Waals surface area contributed by atoms with E-state index in [9.17, 15) is 4.21 Å². The average Bonchev–Trinajstić information content (AvgIpc) is 2.58. The molecule has 4 nitrogen and oxygen atoms in total. The SMILES string of the molecule is C=COCCCCCCCCOC1=COS(=O)c2ccccc21. The van der Waals surface area contributed by atoms with Gasteiger partial charge in [-0.1, -0.05) is 44.4 Å². The Bertz CT molecular complexity index is 554. The monoisotopic (exact) mass is 336 g/mol.